The number of anilines is 1. The minimum Gasteiger partial charge on any atom is -0.360 e. The maximum absolute atomic E-state index is 12.5. The van der Waals surface area contributed by atoms with E-state index in [1.165, 1.54) is 18.9 Å². The number of pyridine rings is 1. The van der Waals surface area contributed by atoms with Gasteiger partial charge in [0.05, 0.1) is 18.7 Å². The standard InChI is InChI=1S/C14H17F3N4S/c15-14(16,17)10-1-4-12(18-9-10)20-5-7-21(8-6-20)13(22)19-11-2-3-11/h1,4,9,11H,2-3,5-8H2,(H,19,22)/p+1. The van der Waals surface area contributed by atoms with Crippen LogP contribution in [0.5, 0.6) is 0 Å². The fraction of sp³-hybridized carbons (Fsp3) is 0.571. The van der Waals surface area contributed by atoms with Crippen molar-refractivity contribution in [2.75, 3.05) is 31.1 Å². The van der Waals surface area contributed by atoms with Crippen molar-refractivity contribution in [1.82, 2.24) is 10.2 Å². The van der Waals surface area contributed by atoms with E-state index in [4.69, 9.17) is 12.2 Å². The van der Waals surface area contributed by atoms with Gasteiger partial charge < -0.3 is 10.2 Å². The topological polar surface area (TPSA) is 32.6 Å². The molecule has 3 rings (SSSR count). The van der Waals surface area contributed by atoms with Crippen LogP contribution in [0.25, 0.3) is 0 Å². The van der Waals surface area contributed by atoms with Crippen LogP contribution in [0.1, 0.15) is 18.4 Å². The van der Waals surface area contributed by atoms with Crippen LogP contribution in [0, 0.1) is 0 Å². The number of alkyl halides is 3. The van der Waals surface area contributed by atoms with Crippen LogP contribution in [-0.2, 0) is 6.18 Å². The SMILES string of the molecule is FC(F)(F)c1ccc(N2CCN(C(=S)NC3CC3)CC2)[nH+]c1. The van der Waals surface area contributed by atoms with E-state index < -0.39 is 11.7 Å². The van der Waals surface area contributed by atoms with Crippen molar-refractivity contribution in [1.29, 1.82) is 0 Å². The van der Waals surface area contributed by atoms with E-state index >= 15 is 0 Å². The van der Waals surface area contributed by atoms with E-state index in [-0.39, 0.29) is 0 Å². The highest BCUT2D eigenvalue weighted by Gasteiger charge is 2.33. The molecule has 2 fully saturated rings. The Kier molecular flexibility index (Phi) is 4.12. The summed E-state index contributed by atoms with van der Waals surface area (Å²) in [6, 6.07) is 3.13. The van der Waals surface area contributed by atoms with Crippen molar-refractivity contribution in [3.8, 4) is 0 Å². The van der Waals surface area contributed by atoms with Gasteiger partial charge in [0.2, 0.25) is 0 Å². The number of aromatic amines is 1. The molecule has 1 aromatic rings. The van der Waals surface area contributed by atoms with E-state index in [1.54, 1.807) is 0 Å². The summed E-state index contributed by atoms with van der Waals surface area (Å²) in [7, 11) is 0. The molecule has 120 valence electrons. The van der Waals surface area contributed by atoms with E-state index in [1.807, 2.05) is 4.90 Å². The second-order valence-electron chi connectivity index (χ2n) is 5.66. The highest BCUT2D eigenvalue weighted by molar-refractivity contribution is 7.80. The zero-order chi connectivity index (χ0) is 15.7. The second-order valence-corrected chi connectivity index (χ2v) is 6.04. The number of hydrogen-bond donors (Lipinski definition) is 1. The normalized spacial score (nSPS) is 19.2. The van der Waals surface area contributed by atoms with Gasteiger partial charge in [-0.15, -0.1) is 0 Å². The van der Waals surface area contributed by atoms with Crippen molar-refractivity contribution in [2.45, 2.75) is 25.1 Å². The predicted octanol–water partition coefficient (Wildman–Crippen LogP) is 1.68. The van der Waals surface area contributed by atoms with E-state index in [2.05, 4.69) is 15.2 Å². The fourth-order valence-corrected chi connectivity index (χ4v) is 2.78. The van der Waals surface area contributed by atoms with Crippen LogP contribution < -0.4 is 15.2 Å². The van der Waals surface area contributed by atoms with E-state index in [0.717, 1.165) is 43.6 Å². The zero-order valence-corrected chi connectivity index (χ0v) is 12.8. The summed E-state index contributed by atoms with van der Waals surface area (Å²) in [6.07, 6.45) is -0.934. The molecular formula is C14H18F3N4S+. The summed E-state index contributed by atoms with van der Waals surface area (Å²) in [4.78, 5) is 6.90. The van der Waals surface area contributed by atoms with Crippen molar-refractivity contribution in [3.63, 3.8) is 0 Å². The molecule has 8 heteroatoms. The van der Waals surface area contributed by atoms with Crippen LogP contribution in [0.4, 0.5) is 19.0 Å². The summed E-state index contributed by atoms with van der Waals surface area (Å²) >= 11 is 5.37. The molecule has 1 aliphatic carbocycles. The Labute approximate surface area is 132 Å². The summed E-state index contributed by atoms with van der Waals surface area (Å²) in [5, 5.41) is 4.10. The molecule has 0 aromatic carbocycles. The summed E-state index contributed by atoms with van der Waals surface area (Å²) in [5.41, 5.74) is -0.662. The number of H-pyrrole nitrogens is 1. The predicted molar refractivity (Wildman–Crippen MR) is 80.5 cm³/mol. The van der Waals surface area contributed by atoms with Gasteiger partial charge in [0.15, 0.2) is 5.11 Å². The Morgan fingerprint density at radius 3 is 2.36 bits per heavy atom. The Balaban J connectivity index is 1.55. The largest absolute Gasteiger partial charge is 0.419 e. The van der Waals surface area contributed by atoms with Gasteiger partial charge in [-0.05, 0) is 31.1 Å². The van der Waals surface area contributed by atoms with Gasteiger partial charge in [0, 0.05) is 12.1 Å². The van der Waals surface area contributed by atoms with Gasteiger partial charge in [-0.3, -0.25) is 4.90 Å². The van der Waals surface area contributed by atoms with Gasteiger partial charge >= 0.3 is 6.18 Å². The summed E-state index contributed by atoms with van der Waals surface area (Å²) < 4.78 is 37.6. The molecule has 2 heterocycles. The molecule has 22 heavy (non-hydrogen) atoms. The van der Waals surface area contributed by atoms with Gasteiger partial charge in [-0.2, -0.15) is 13.2 Å². The molecule has 1 aromatic heterocycles. The maximum Gasteiger partial charge on any atom is 0.419 e. The lowest BCUT2D eigenvalue weighted by atomic mass is 10.2. The van der Waals surface area contributed by atoms with E-state index in [9.17, 15) is 13.2 Å². The molecule has 0 amide bonds. The van der Waals surface area contributed by atoms with E-state index in [0.29, 0.717) is 11.9 Å². The summed E-state index contributed by atoms with van der Waals surface area (Å²) in [5.74, 6) is 0.703. The quantitative estimate of drug-likeness (QED) is 0.836. The van der Waals surface area contributed by atoms with Crippen LogP contribution >= 0.6 is 12.2 Å². The molecule has 0 spiro atoms. The van der Waals surface area contributed by atoms with Gasteiger partial charge in [0.25, 0.3) is 5.82 Å². The first-order valence-corrected chi connectivity index (χ1v) is 7.73. The number of piperazine rings is 1. The van der Waals surface area contributed by atoms with Crippen molar-refractivity contribution < 1.29 is 18.2 Å². The molecule has 0 radical (unpaired) electrons. The molecule has 4 nitrogen and oxygen atoms in total. The molecule has 1 saturated heterocycles. The molecule has 1 saturated carbocycles. The first-order chi connectivity index (χ1) is 10.4. The van der Waals surface area contributed by atoms with Crippen LogP contribution in [-0.4, -0.2) is 42.2 Å². The van der Waals surface area contributed by atoms with Crippen LogP contribution in [0.2, 0.25) is 0 Å². The van der Waals surface area contributed by atoms with Gasteiger partial charge in [-0.25, -0.2) is 4.98 Å². The average molecular weight is 331 g/mol. The number of hydrogen-bond acceptors (Lipinski definition) is 2. The number of nitrogens with one attached hydrogen (secondary N) is 2. The lowest BCUT2D eigenvalue weighted by molar-refractivity contribution is -0.367. The first-order valence-electron chi connectivity index (χ1n) is 7.33. The van der Waals surface area contributed by atoms with Gasteiger partial charge in [0.1, 0.15) is 19.3 Å². The van der Waals surface area contributed by atoms with Crippen LogP contribution in [0.3, 0.4) is 0 Å². The monoisotopic (exact) mass is 331 g/mol. The lowest BCUT2D eigenvalue weighted by Gasteiger charge is -2.32. The number of halogens is 3. The maximum atomic E-state index is 12.5. The Bertz CT molecular complexity index is 534. The third-order valence-corrected chi connectivity index (χ3v) is 4.31. The number of nitrogens with zero attached hydrogens (tertiary/aromatic N) is 2. The first kappa shape index (κ1) is 15.3. The fourth-order valence-electron chi connectivity index (χ4n) is 2.43. The Morgan fingerprint density at radius 2 is 1.86 bits per heavy atom. The zero-order valence-electron chi connectivity index (χ0n) is 12.0. The molecule has 2 N–H and O–H groups in total. The number of aromatic nitrogens is 1. The van der Waals surface area contributed by atoms with Gasteiger partial charge in [-0.1, -0.05) is 0 Å². The lowest BCUT2D eigenvalue weighted by Crippen LogP contribution is -2.53. The third kappa shape index (κ3) is 3.60. The average Bonchev–Trinajstić information content (AvgIpc) is 3.31. The highest BCUT2D eigenvalue weighted by atomic mass is 32.1. The van der Waals surface area contributed by atoms with Crippen LogP contribution in [0.15, 0.2) is 18.3 Å². The number of rotatable bonds is 2. The molecular weight excluding hydrogens is 313 g/mol. The van der Waals surface area contributed by atoms with Crippen molar-refractivity contribution >= 4 is 23.1 Å². The summed E-state index contributed by atoms with van der Waals surface area (Å²) in [6.45, 7) is 3.00. The molecule has 0 bridgehead atoms. The highest BCUT2D eigenvalue weighted by Crippen LogP contribution is 2.28. The van der Waals surface area contributed by atoms with Crippen molar-refractivity contribution in [3.05, 3.63) is 23.9 Å². The molecule has 2 aliphatic rings. The minimum atomic E-state index is -4.31. The number of thiocarbonyl (C=S) groups is 1. The Morgan fingerprint density at radius 1 is 1.18 bits per heavy atom. The molecule has 0 unspecified atom stereocenters. The minimum absolute atomic E-state index is 0.536. The molecule has 0 atom stereocenters. The second kappa shape index (κ2) is 5.91. The third-order valence-electron chi connectivity index (χ3n) is 3.94. The smallest absolute Gasteiger partial charge is 0.360 e. The van der Waals surface area contributed by atoms with Crippen molar-refractivity contribution in [2.24, 2.45) is 0 Å². The molecule has 1 aliphatic heterocycles. The Hall–Kier alpha value is -1.57.